The zero-order valence-electron chi connectivity index (χ0n) is 12.6. The second kappa shape index (κ2) is 7.76. The molecule has 1 aromatic heterocycles. The fraction of sp³-hybridized carbons (Fsp3) is 0.500. The van der Waals surface area contributed by atoms with Crippen LogP contribution >= 0.6 is 11.3 Å². The van der Waals surface area contributed by atoms with Gasteiger partial charge in [0.1, 0.15) is 11.1 Å². The Morgan fingerprint density at radius 2 is 2.05 bits per heavy atom. The average molecular weight is 309 g/mol. The molecule has 6 nitrogen and oxygen atoms in total. The number of carbonyl (C=O) groups is 2. The number of ether oxygens (including phenoxy) is 1. The number of anilines is 1. The van der Waals surface area contributed by atoms with Gasteiger partial charge in [0.2, 0.25) is 5.91 Å². The quantitative estimate of drug-likeness (QED) is 0.808. The number of hydrogen-bond donors (Lipinski definition) is 1. The second-order valence-electron chi connectivity index (χ2n) is 4.53. The van der Waals surface area contributed by atoms with Gasteiger partial charge in [-0.25, -0.2) is 0 Å². The molecule has 0 unspecified atom stereocenters. The summed E-state index contributed by atoms with van der Waals surface area (Å²) in [4.78, 5) is 25.9. The summed E-state index contributed by atoms with van der Waals surface area (Å²) in [5.41, 5.74) is 1.39. The van der Waals surface area contributed by atoms with E-state index in [0.29, 0.717) is 17.1 Å². The van der Waals surface area contributed by atoms with Crippen molar-refractivity contribution in [2.75, 3.05) is 32.1 Å². The molecule has 1 aromatic rings. The highest BCUT2D eigenvalue weighted by molar-refractivity contribution is 7.16. The van der Waals surface area contributed by atoms with Gasteiger partial charge in [-0.2, -0.15) is 5.26 Å². The molecular formula is C14H19N3O3S. The molecule has 114 valence electrons. The number of nitrogens with zero attached hydrogens (tertiary/aromatic N) is 2. The van der Waals surface area contributed by atoms with Crippen LogP contribution in [0.1, 0.15) is 22.9 Å². The normalized spacial score (nSPS) is 10.3. The molecule has 0 aliphatic rings. The van der Waals surface area contributed by atoms with E-state index in [1.165, 1.54) is 18.4 Å². The number of nitriles is 1. The molecule has 0 spiro atoms. The van der Waals surface area contributed by atoms with Crippen molar-refractivity contribution in [3.8, 4) is 6.07 Å². The zero-order chi connectivity index (χ0) is 16.0. The lowest BCUT2D eigenvalue weighted by atomic mass is 10.2. The van der Waals surface area contributed by atoms with E-state index >= 15 is 0 Å². The first-order valence-corrected chi connectivity index (χ1v) is 7.33. The van der Waals surface area contributed by atoms with Crippen molar-refractivity contribution in [1.82, 2.24) is 4.90 Å². The Bertz CT molecular complexity index is 575. The first-order valence-electron chi connectivity index (χ1n) is 6.52. The molecule has 0 fully saturated rings. The third-order valence-electron chi connectivity index (χ3n) is 3.14. The first kappa shape index (κ1) is 17.1. The van der Waals surface area contributed by atoms with Crippen molar-refractivity contribution >= 4 is 28.2 Å². The molecular weight excluding hydrogens is 290 g/mol. The molecule has 7 heteroatoms. The number of carbonyl (C=O) groups excluding carboxylic acids is 2. The van der Waals surface area contributed by atoms with Crippen LogP contribution in [0.4, 0.5) is 5.00 Å². The number of thiophene rings is 1. The van der Waals surface area contributed by atoms with E-state index in [4.69, 9.17) is 5.26 Å². The number of rotatable bonds is 6. The summed E-state index contributed by atoms with van der Waals surface area (Å²) in [6.45, 7) is 6.31. The van der Waals surface area contributed by atoms with E-state index in [-0.39, 0.29) is 25.0 Å². The minimum atomic E-state index is -0.384. The maximum atomic E-state index is 12.0. The van der Waals surface area contributed by atoms with Gasteiger partial charge in [0.25, 0.3) is 0 Å². The van der Waals surface area contributed by atoms with Gasteiger partial charge < -0.3 is 10.1 Å². The van der Waals surface area contributed by atoms with Gasteiger partial charge in [-0.05, 0) is 26.0 Å². The number of nitrogens with one attached hydrogen (secondary N) is 1. The summed E-state index contributed by atoms with van der Waals surface area (Å²) in [6.07, 6.45) is 0. The van der Waals surface area contributed by atoms with E-state index in [9.17, 15) is 9.59 Å². The van der Waals surface area contributed by atoms with Crippen LogP contribution < -0.4 is 5.32 Å². The highest BCUT2D eigenvalue weighted by atomic mass is 32.1. The summed E-state index contributed by atoms with van der Waals surface area (Å²) < 4.78 is 4.58. The van der Waals surface area contributed by atoms with E-state index in [0.717, 1.165) is 10.4 Å². The van der Waals surface area contributed by atoms with Gasteiger partial charge >= 0.3 is 5.97 Å². The van der Waals surface area contributed by atoms with E-state index in [1.807, 2.05) is 20.8 Å². The number of esters is 1. The van der Waals surface area contributed by atoms with Crippen LogP contribution in [0.25, 0.3) is 0 Å². The highest BCUT2D eigenvalue weighted by Crippen LogP contribution is 2.31. The standard InChI is InChI=1S/C14H19N3O3S/c1-5-17(8-13(19)20-4)7-12(18)16-14-11(6-15)9(2)10(3)21-14/h5,7-8H2,1-4H3,(H,16,18). The third-order valence-corrected chi connectivity index (χ3v) is 4.27. The predicted molar refractivity (Wildman–Crippen MR) is 81.3 cm³/mol. The van der Waals surface area contributed by atoms with Crippen LogP contribution in [0.15, 0.2) is 0 Å². The Morgan fingerprint density at radius 3 is 2.57 bits per heavy atom. The Balaban J connectivity index is 2.71. The lowest BCUT2D eigenvalue weighted by Gasteiger charge is -2.17. The minimum Gasteiger partial charge on any atom is -0.468 e. The molecule has 0 aliphatic carbocycles. The van der Waals surface area contributed by atoms with Crippen molar-refractivity contribution in [1.29, 1.82) is 5.26 Å². The maximum Gasteiger partial charge on any atom is 0.319 e. The molecule has 0 bridgehead atoms. The highest BCUT2D eigenvalue weighted by Gasteiger charge is 2.17. The van der Waals surface area contributed by atoms with Crippen molar-refractivity contribution in [3.63, 3.8) is 0 Å². The van der Waals surface area contributed by atoms with E-state index < -0.39 is 0 Å². The third kappa shape index (κ3) is 4.55. The number of amides is 1. The molecule has 0 atom stereocenters. The van der Waals surface area contributed by atoms with Gasteiger partial charge in [0.05, 0.1) is 25.8 Å². The van der Waals surface area contributed by atoms with Crippen LogP contribution in [0, 0.1) is 25.2 Å². The van der Waals surface area contributed by atoms with Crippen molar-refractivity contribution < 1.29 is 14.3 Å². The van der Waals surface area contributed by atoms with Crippen LogP contribution in [-0.2, 0) is 14.3 Å². The molecule has 21 heavy (non-hydrogen) atoms. The van der Waals surface area contributed by atoms with Gasteiger partial charge in [-0.15, -0.1) is 11.3 Å². The molecule has 0 saturated carbocycles. The number of aryl methyl sites for hydroxylation is 1. The van der Waals surface area contributed by atoms with Crippen LogP contribution in [0.3, 0.4) is 0 Å². The van der Waals surface area contributed by atoms with Crippen LogP contribution in [-0.4, -0.2) is 43.5 Å². The van der Waals surface area contributed by atoms with Crippen molar-refractivity contribution in [2.24, 2.45) is 0 Å². The SMILES string of the molecule is CCN(CC(=O)Nc1sc(C)c(C)c1C#N)CC(=O)OC. The smallest absolute Gasteiger partial charge is 0.319 e. The molecule has 1 N–H and O–H groups in total. The molecule has 0 aromatic carbocycles. The van der Waals surface area contributed by atoms with Gasteiger partial charge in [-0.3, -0.25) is 14.5 Å². The molecule has 0 radical (unpaired) electrons. The Morgan fingerprint density at radius 1 is 1.38 bits per heavy atom. The summed E-state index contributed by atoms with van der Waals surface area (Å²) in [5, 5.41) is 12.4. The summed E-state index contributed by atoms with van der Waals surface area (Å²) in [7, 11) is 1.31. The lowest BCUT2D eigenvalue weighted by Crippen LogP contribution is -2.37. The fourth-order valence-corrected chi connectivity index (χ4v) is 2.77. The van der Waals surface area contributed by atoms with Gasteiger partial charge in [0, 0.05) is 4.88 Å². The zero-order valence-corrected chi connectivity index (χ0v) is 13.5. The summed E-state index contributed by atoms with van der Waals surface area (Å²) in [6, 6.07) is 2.11. The molecule has 1 rings (SSSR count). The van der Waals surface area contributed by atoms with E-state index in [2.05, 4.69) is 16.1 Å². The Kier molecular flexibility index (Phi) is 6.34. The first-order chi connectivity index (χ1) is 9.92. The summed E-state index contributed by atoms with van der Waals surface area (Å²) >= 11 is 1.38. The molecule has 0 saturated heterocycles. The lowest BCUT2D eigenvalue weighted by molar-refractivity contribution is -0.142. The minimum absolute atomic E-state index is 0.0635. The maximum absolute atomic E-state index is 12.0. The molecule has 0 aliphatic heterocycles. The number of methoxy groups -OCH3 is 1. The average Bonchev–Trinajstić information content (AvgIpc) is 2.71. The monoisotopic (exact) mass is 309 g/mol. The molecule has 1 heterocycles. The topological polar surface area (TPSA) is 82.4 Å². The summed E-state index contributed by atoms with van der Waals surface area (Å²) in [5.74, 6) is -0.635. The fourth-order valence-electron chi connectivity index (χ4n) is 1.75. The van der Waals surface area contributed by atoms with E-state index in [1.54, 1.807) is 4.90 Å². The number of hydrogen-bond acceptors (Lipinski definition) is 6. The van der Waals surface area contributed by atoms with Gasteiger partial charge in [0.15, 0.2) is 0 Å². The van der Waals surface area contributed by atoms with Crippen LogP contribution in [0.2, 0.25) is 0 Å². The number of likely N-dealkylation sites (N-methyl/N-ethyl adjacent to an activating group) is 1. The predicted octanol–water partition coefficient (Wildman–Crippen LogP) is 1.67. The van der Waals surface area contributed by atoms with Gasteiger partial charge in [-0.1, -0.05) is 6.92 Å². The second-order valence-corrected chi connectivity index (χ2v) is 5.75. The molecule has 1 amide bonds. The van der Waals surface area contributed by atoms with Crippen molar-refractivity contribution in [2.45, 2.75) is 20.8 Å². The Hall–Kier alpha value is -1.91. The van der Waals surface area contributed by atoms with Crippen molar-refractivity contribution in [3.05, 3.63) is 16.0 Å². The van der Waals surface area contributed by atoms with Crippen LogP contribution in [0.5, 0.6) is 0 Å². The largest absolute Gasteiger partial charge is 0.468 e. The Labute approximate surface area is 128 Å².